The van der Waals surface area contributed by atoms with E-state index in [1.807, 2.05) is 0 Å². The smallest absolute Gasteiger partial charge is 0.255 e. The zero-order chi connectivity index (χ0) is 19.8. The van der Waals surface area contributed by atoms with Crippen LogP contribution < -0.4 is 9.62 Å². The molecule has 3 rings (SSSR count). The third-order valence-electron chi connectivity index (χ3n) is 4.11. The molecular formula is C17H17FN2O5S2. The summed E-state index contributed by atoms with van der Waals surface area (Å²) in [5, 5.41) is 2.33. The Morgan fingerprint density at radius 2 is 1.93 bits per heavy atom. The number of hydrogen-bond acceptors (Lipinski definition) is 5. The van der Waals surface area contributed by atoms with E-state index in [4.69, 9.17) is 0 Å². The molecule has 7 nitrogen and oxygen atoms in total. The van der Waals surface area contributed by atoms with E-state index < -0.39 is 31.6 Å². The lowest BCUT2D eigenvalue weighted by molar-refractivity contribution is 0.102. The lowest BCUT2D eigenvalue weighted by atomic mass is 10.1. The number of nitrogens with one attached hydrogen (secondary N) is 1. The van der Waals surface area contributed by atoms with Gasteiger partial charge in [0, 0.05) is 18.4 Å². The molecule has 0 aromatic heterocycles. The molecule has 2 aromatic carbocycles. The quantitative estimate of drug-likeness (QED) is 0.775. The van der Waals surface area contributed by atoms with Crippen molar-refractivity contribution >= 4 is 37.1 Å². The van der Waals surface area contributed by atoms with E-state index in [2.05, 4.69) is 5.32 Å². The summed E-state index contributed by atoms with van der Waals surface area (Å²) < 4.78 is 62.5. The van der Waals surface area contributed by atoms with Crippen LogP contribution in [-0.2, 0) is 19.9 Å². The van der Waals surface area contributed by atoms with Crippen LogP contribution in [-0.4, -0.2) is 41.3 Å². The number of anilines is 2. The van der Waals surface area contributed by atoms with E-state index in [1.54, 1.807) is 6.07 Å². The van der Waals surface area contributed by atoms with E-state index in [-0.39, 0.29) is 21.9 Å². The number of nitrogens with zero attached hydrogens (tertiary/aromatic N) is 1. The Morgan fingerprint density at radius 1 is 1.19 bits per heavy atom. The van der Waals surface area contributed by atoms with Gasteiger partial charge in [-0.1, -0.05) is 6.07 Å². The summed E-state index contributed by atoms with van der Waals surface area (Å²) in [6.07, 6.45) is 1.48. The molecule has 1 heterocycles. The molecule has 1 aliphatic rings. The average molecular weight is 412 g/mol. The predicted molar refractivity (Wildman–Crippen MR) is 99.7 cm³/mol. The third-order valence-corrected chi connectivity index (χ3v) is 7.09. The molecule has 0 spiro atoms. The fourth-order valence-electron chi connectivity index (χ4n) is 2.76. The van der Waals surface area contributed by atoms with E-state index >= 15 is 0 Å². The second-order valence-electron chi connectivity index (χ2n) is 6.16. The van der Waals surface area contributed by atoms with Crippen molar-refractivity contribution in [1.29, 1.82) is 0 Å². The van der Waals surface area contributed by atoms with Crippen LogP contribution in [0.2, 0.25) is 0 Å². The normalized spacial score (nSPS) is 16.3. The number of benzene rings is 2. The van der Waals surface area contributed by atoms with Gasteiger partial charge in [0.1, 0.15) is 5.82 Å². The van der Waals surface area contributed by atoms with Crippen LogP contribution >= 0.6 is 0 Å². The van der Waals surface area contributed by atoms with Crippen LogP contribution in [0.4, 0.5) is 15.8 Å². The Balaban J connectivity index is 1.89. The highest BCUT2D eigenvalue weighted by Crippen LogP contribution is 2.26. The molecule has 1 fully saturated rings. The minimum Gasteiger partial charge on any atom is -0.319 e. The zero-order valence-corrected chi connectivity index (χ0v) is 16.0. The van der Waals surface area contributed by atoms with Crippen molar-refractivity contribution in [3.63, 3.8) is 0 Å². The number of sulfone groups is 1. The van der Waals surface area contributed by atoms with E-state index in [0.717, 1.165) is 24.5 Å². The summed E-state index contributed by atoms with van der Waals surface area (Å²) in [6, 6.07) is 9.07. The van der Waals surface area contributed by atoms with Gasteiger partial charge < -0.3 is 5.32 Å². The molecule has 2 aromatic rings. The second-order valence-corrected chi connectivity index (χ2v) is 10.2. The van der Waals surface area contributed by atoms with Gasteiger partial charge in [0.15, 0.2) is 9.84 Å². The zero-order valence-electron chi connectivity index (χ0n) is 14.3. The van der Waals surface area contributed by atoms with Crippen molar-refractivity contribution in [1.82, 2.24) is 0 Å². The maximum atomic E-state index is 14.0. The van der Waals surface area contributed by atoms with Crippen LogP contribution in [0.5, 0.6) is 0 Å². The largest absolute Gasteiger partial charge is 0.319 e. The van der Waals surface area contributed by atoms with Crippen LogP contribution in [0.1, 0.15) is 16.8 Å². The van der Waals surface area contributed by atoms with Gasteiger partial charge in [-0.05, 0) is 42.8 Å². The van der Waals surface area contributed by atoms with Crippen molar-refractivity contribution in [3.8, 4) is 0 Å². The van der Waals surface area contributed by atoms with Crippen LogP contribution in [0.3, 0.4) is 0 Å². The summed E-state index contributed by atoms with van der Waals surface area (Å²) in [4.78, 5) is 12.3. The maximum absolute atomic E-state index is 14.0. The molecule has 1 amide bonds. The third kappa shape index (κ3) is 4.11. The second kappa shape index (κ2) is 6.93. The number of halogens is 1. The van der Waals surface area contributed by atoms with Crippen LogP contribution in [0, 0.1) is 5.82 Å². The van der Waals surface area contributed by atoms with Crippen molar-refractivity contribution in [2.24, 2.45) is 0 Å². The van der Waals surface area contributed by atoms with Gasteiger partial charge in [-0.25, -0.2) is 21.2 Å². The number of rotatable bonds is 4. The summed E-state index contributed by atoms with van der Waals surface area (Å²) in [7, 11) is -6.96. The Bertz CT molecular complexity index is 1110. The number of sulfonamides is 1. The Hall–Kier alpha value is -2.46. The number of hydrogen-bond donors (Lipinski definition) is 1. The number of carbonyl (C=O) groups is 1. The Kier molecular flexibility index (Phi) is 4.96. The standard InChI is InChI=1S/C17H17FN2O5S2/c1-26(22,23)14-6-7-15(18)16(11-14)19-17(21)12-4-2-5-13(10-12)20-8-3-9-27(20,24)25/h2,4-7,10-11H,3,8-9H2,1H3,(H,19,21). The number of carbonyl (C=O) groups excluding carboxylic acids is 1. The highest BCUT2D eigenvalue weighted by molar-refractivity contribution is 7.93. The van der Waals surface area contributed by atoms with Crippen LogP contribution in [0.15, 0.2) is 47.4 Å². The first-order chi connectivity index (χ1) is 12.6. The van der Waals surface area contributed by atoms with Gasteiger partial charge in [-0.3, -0.25) is 9.10 Å². The molecule has 1 saturated heterocycles. The highest BCUT2D eigenvalue weighted by atomic mass is 32.2. The fraction of sp³-hybridized carbons (Fsp3) is 0.235. The molecule has 0 aliphatic carbocycles. The average Bonchev–Trinajstić information content (AvgIpc) is 2.95. The Labute approximate surface area is 156 Å². The SMILES string of the molecule is CS(=O)(=O)c1ccc(F)c(NC(=O)c2cccc(N3CCCS3(=O)=O)c2)c1. The first-order valence-electron chi connectivity index (χ1n) is 7.99. The van der Waals surface area contributed by atoms with E-state index in [9.17, 15) is 26.0 Å². The van der Waals surface area contributed by atoms with Gasteiger partial charge in [0.25, 0.3) is 5.91 Å². The van der Waals surface area contributed by atoms with Crippen molar-refractivity contribution in [2.75, 3.05) is 28.2 Å². The summed E-state index contributed by atoms with van der Waals surface area (Å²) in [5.41, 5.74) is 0.200. The predicted octanol–water partition coefficient (Wildman–Crippen LogP) is 2.02. The molecule has 0 saturated carbocycles. The number of amides is 1. The van der Waals surface area contributed by atoms with Gasteiger partial charge in [0.2, 0.25) is 10.0 Å². The minimum absolute atomic E-state index is 0.0485. The minimum atomic E-state index is -3.56. The van der Waals surface area contributed by atoms with Gasteiger partial charge >= 0.3 is 0 Å². The first-order valence-corrected chi connectivity index (χ1v) is 11.5. The Morgan fingerprint density at radius 3 is 2.56 bits per heavy atom. The monoisotopic (exact) mass is 412 g/mol. The lowest BCUT2D eigenvalue weighted by Gasteiger charge is -2.17. The van der Waals surface area contributed by atoms with E-state index in [0.29, 0.717) is 18.7 Å². The van der Waals surface area contributed by atoms with Gasteiger partial charge in [-0.15, -0.1) is 0 Å². The molecule has 1 N–H and O–H groups in total. The molecule has 0 bridgehead atoms. The van der Waals surface area contributed by atoms with Crippen LogP contribution in [0.25, 0.3) is 0 Å². The van der Waals surface area contributed by atoms with Crippen molar-refractivity contribution in [2.45, 2.75) is 11.3 Å². The topological polar surface area (TPSA) is 101 Å². The van der Waals surface area contributed by atoms with Gasteiger partial charge in [0.05, 0.1) is 22.0 Å². The molecule has 10 heteroatoms. The molecule has 0 unspecified atom stereocenters. The summed E-state index contributed by atoms with van der Waals surface area (Å²) in [5.74, 6) is -1.42. The van der Waals surface area contributed by atoms with Crippen molar-refractivity contribution < 1.29 is 26.0 Å². The fourth-order valence-corrected chi connectivity index (χ4v) is 4.96. The molecule has 0 atom stereocenters. The van der Waals surface area contributed by atoms with Gasteiger partial charge in [-0.2, -0.15) is 0 Å². The highest BCUT2D eigenvalue weighted by Gasteiger charge is 2.28. The lowest BCUT2D eigenvalue weighted by Crippen LogP contribution is -2.25. The summed E-state index contributed by atoms with van der Waals surface area (Å²) in [6.45, 7) is 0.332. The first kappa shape index (κ1) is 19.3. The molecule has 27 heavy (non-hydrogen) atoms. The molecule has 1 aliphatic heterocycles. The van der Waals surface area contributed by atoms with E-state index in [1.165, 1.54) is 22.5 Å². The maximum Gasteiger partial charge on any atom is 0.255 e. The molecule has 144 valence electrons. The summed E-state index contributed by atoms with van der Waals surface area (Å²) >= 11 is 0. The molecule has 0 radical (unpaired) electrons. The van der Waals surface area contributed by atoms with Crippen molar-refractivity contribution in [3.05, 3.63) is 53.8 Å². The molecular weight excluding hydrogens is 395 g/mol.